The minimum Gasteiger partial charge on any atom is -0.490 e. The lowest BCUT2D eigenvalue weighted by atomic mass is 10.1. The fraction of sp³-hybridized carbons (Fsp3) is 0.550. The summed E-state index contributed by atoms with van der Waals surface area (Å²) in [4.78, 5) is 34.8. The Morgan fingerprint density at radius 2 is 1.59 bits per heavy atom. The van der Waals surface area contributed by atoms with Crippen molar-refractivity contribution in [2.45, 2.75) is 13.3 Å². The van der Waals surface area contributed by atoms with Crippen LogP contribution in [0.5, 0.6) is 5.75 Å². The number of Topliss-reactive ketones (excluding diaryl/α,β-unsaturated/α-hetero) is 1. The summed E-state index contributed by atoms with van der Waals surface area (Å²) in [5, 5.41) is 14.8. The number of ether oxygens (including phenoxy) is 2. The quantitative estimate of drug-likeness (QED) is 0.350. The molecule has 0 aromatic heterocycles. The number of benzene rings is 1. The van der Waals surface area contributed by atoms with Crippen LogP contribution in [0.4, 0.5) is 0 Å². The maximum absolute atomic E-state index is 11.8. The van der Waals surface area contributed by atoms with Crippen LogP contribution in [0.1, 0.15) is 23.7 Å². The van der Waals surface area contributed by atoms with Gasteiger partial charge >= 0.3 is 11.9 Å². The van der Waals surface area contributed by atoms with E-state index in [9.17, 15) is 4.79 Å². The predicted molar refractivity (Wildman–Crippen MR) is 107 cm³/mol. The van der Waals surface area contributed by atoms with Crippen LogP contribution in [0, 0.1) is 0 Å². The number of ketones is 1. The van der Waals surface area contributed by atoms with Gasteiger partial charge in [-0.1, -0.05) is 19.1 Å². The fourth-order valence-corrected chi connectivity index (χ4v) is 2.59. The third kappa shape index (κ3) is 10.0. The van der Waals surface area contributed by atoms with Crippen molar-refractivity contribution in [1.29, 1.82) is 0 Å². The normalized spacial score (nSPS) is 14.6. The zero-order valence-electron chi connectivity index (χ0n) is 17.0. The van der Waals surface area contributed by atoms with Gasteiger partial charge in [-0.25, -0.2) is 9.59 Å². The van der Waals surface area contributed by atoms with Gasteiger partial charge in [-0.3, -0.25) is 9.69 Å². The van der Waals surface area contributed by atoms with Gasteiger partial charge in [0, 0.05) is 39.1 Å². The first-order valence-corrected chi connectivity index (χ1v) is 9.55. The third-order valence-electron chi connectivity index (χ3n) is 4.32. The van der Waals surface area contributed by atoms with Crippen LogP contribution in [-0.2, 0) is 14.3 Å². The summed E-state index contributed by atoms with van der Waals surface area (Å²) in [6, 6.07) is 7.40. The number of rotatable bonds is 9. The van der Waals surface area contributed by atoms with Crippen molar-refractivity contribution in [2.24, 2.45) is 0 Å². The zero-order valence-corrected chi connectivity index (χ0v) is 17.0. The van der Waals surface area contributed by atoms with Crippen LogP contribution in [0.25, 0.3) is 0 Å². The minimum absolute atomic E-state index is 0.108. The molecule has 1 aliphatic heterocycles. The molecule has 29 heavy (non-hydrogen) atoms. The lowest BCUT2D eigenvalue weighted by molar-refractivity contribution is -0.159. The zero-order chi connectivity index (χ0) is 21.6. The largest absolute Gasteiger partial charge is 0.490 e. The first-order chi connectivity index (χ1) is 13.8. The molecule has 0 bridgehead atoms. The molecule has 1 aromatic carbocycles. The second-order valence-electron chi connectivity index (χ2n) is 6.49. The van der Waals surface area contributed by atoms with Gasteiger partial charge in [0.15, 0.2) is 5.78 Å². The molecular formula is C20H30N2O7. The van der Waals surface area contributed by atoms with E-state index in [2.05, 4.69) is 16.8 Å². The SMILES string of the molecule is CCC(=O)c1ccccc1OCCOCCN1CCN(C)CC1.O=C(O)C(=O)O. The number of aliphatic carboxylic acids is 2. The van der Waals surface area contributed by atoms with Crippen molar-refractivity contribution in [3.8, 4) is 5.75 Å². The molecule has 0 spiro atoms. The molecule has 0 radical (unpaired) electrons. The van der Waals surface area contributed by atoms with Crippen molar-refractivity contribution < 1.29 is 34.1 Å². The van der Waals surface area contributed by atoms with Crippen molar-refractivity contribution in [3.63, 3.8) is 0 Å². The Morgan fingerprint density at radius 1 is 0.966 bits per heavy atom. The monoisotopic (exact) mass is 410 g/mol. The predicted octanol–water partition coefficient (Wildman–Crippen LogP) is 1.08. The molecule has 1 aromatic rings. The maximum atomic E-state index is 11.8. The lowest BCUT2D eigenvalue weighted by Crippen LogP contribution is -2.45. The molecule has 2 rings (SSSR count). The average Bonchev–Trinajstić information content (AvgIpc) is 2.72. The van der Waals surface area contributed by atoms with E-state index in [1.165, 1.54) is 0 Å². The number of carboxylic acid groups (broad SMARTS) is 2. The van der Waals surface area contributed by atoms with Crippen molar-refractivity contribution in [3.05, 3.63) is 29.8 Å². The van der Waals surface area contributed by atoms with E-state index in [-0.39, 0.29) is 5.78 Å². The summed E-state index contributed by atoms with van der Waals surface area (Å²) in [5.74, 6) is -2.89. The van der Waals surface area contributed by atoms with E-state index in [4.69, 9.17) is 29.3 Å². The molecule has 0 unspecified atom stereocenters. The Bertz CT molecular complexity index is 646. The highest BCUT2D eigenvalue weighted by Gasteiger charge is 2.13. The highest BCUT2D eigenvalue weighted by molar-refractivity contribution is 6.27. The molecule has 9 nitrogen and oxygen atoms in total. The van der Waals surface area contributed by atoms with Gasteiger partial charge < -0.3 is 24.6 Å². The fourth-order valence-electron chi connectivity index (χ4n) is 2.59. The number of hydrogen-bond acceptors (Lipinski definition) is 7. The third-order valence-corrected chi connectivity index (χ3v) is 4.32. The smallest absolute Gasteiger partial charge is 0.414 e. The van der Waals surface area contributed by atoms with Gasteiger partial charge in [0.2, 0.25) is 0 Å². The topological polar surface area (TPSA) is 117 Å². The number of carbonyl (C=O) groups is 3. The maximum Gasteiger partial charge on any atom is 0.414 e. The highest BCUT2D eigenvalue weighted by atomic mass is 16.5. The van der Waals surface area contributed by atoms with E-state index in [1.807, 2.05) is 31.2 Å². The van der Waals surface area contributed by atoms with E-state index in [1.54, 1.807) is 0 Å². The first-order valence-electron chi connectivity index (χ1n) is 9.55. The number of piperazine rings is 1. The summed E-state index contributed by atoms with van der Waals surface area (Å²) in [5.41, 5.74) is 0.660. The molecule has 0 atom stereocenters. The summed E-state index contributed by atoms with van der Waals surface area (Å²) in [6.07, 6.45) is 0.488. The van der Waals surface area contributed by atoms with Crippen LogP contribution in [-0.4, -0.2) is 97.3 Å². The van der Waals surface area contributed by atoms with Crippen molar-refractivity contribution in [2.75, 3.05) is 59.6 Å². The number of likely N-dealkylation sites (N-methyl/N-ethyl adjacent to an activating group) is 1. The molecule has 1 saturated heterocycles. The molecule has 162 valence electrons. The Balaban J connectivity index is 0.000000612. The number of para-hydroxylation sites is 1. The molecule has 1 fully saturated rings. The highest BCUT2D eigenvalue weighted by Crippen LogP contribution is 2.19. The van der Waals surface area contributed by atoms with Crippen LogP contribution < -0.4 is 4.74 Å². The van der Waals surface area contributed by atoms with E-state index in [0.717, 1.165) is 39.3 Å². The van der Waals surface area contributed by atoms with E-state index < -0.39 is 11.9 Å². The Kier molecular flexibility index (Phi) is 11.6. The number of carbonyl (C=O) groups excluding carboxylic acids is 1. The second-order valence-corrected chi connectivity index (χ2v) is 6.49. The summed E-state index contributed by atoms with van der Waals surface area (Å²) >= 11 is 0. The minimum atomic E-state index is -1.82. The molecule has 0 amide bonds. The van der Waals surface area contributed by atoms with Gasteiger partial charge in [0.05, 0.1) is 18.8 Å². The molecular weight excluding hydrogens is 380 g/mol. The molecule has 0 saturated carbocycles. The summed E-state index contributed by atoms with van der Waals surface area (Å²) in [6.45, 7) is 9.06. The Labute approximate surface area is 170 Å². The van der Waals surface area contributed by atoms with Gasteiger partial charge in [0.25, 0.3) is 0 Å². The van der Waals surface area contributed by atoms with Crippen molar-refractivity contribution >= 4 is 17.7 Å². The molecule has 1 aliphatic rings. The van der Waals surface area contributed by atoms with Gasteiger partial charge in [-0.05, 0) is 19.2 Å². The number of hydrogen-bond donors (Lipinski definition) is 2. The van der Waals surface area contributed by atoms with Crippen LogP contribution in [0.15, 0.2) is 24.3 Å². The average molecular weight is 410 g/mol. The summed E-state index contributed by atoms with van der Waals surface area (Å²) < 4.78 is 11.3. The molecule has 2 N–H and O–H groups in total. The number of carboxylic acids is 2. The van der Waals surface area contributed by atoms with Gasteiger partial charge in [-0.2, -0.15) is 0 Å². The first kappa shape index (κ1) is 24.5. The Hall–Kier alpha value is -2.49. The van der Waals surface area contributed by atoms with Crippen LogP contribution in [0.2, 0.25) is 0 Å². The summed E-state index contributed by atoms with van der Waals surface area (Å²) in [7, 11) is 2.16. The molecule has 9 heteroatoms. The lowest BCUT2D eigenvalue weighted by Gasteiger charge is -2.32. The second kappa shape index (κ2) is 13.6. The van der Waals surface area contributed by atoms with E-state index >= 15 is 0 Å². The Morgan fingerprint density at radius 3 is 2.17 bits per heavy atom. The molecule has 1 heterocycles. The van der Waals surface area contributed by atoms with Gasteiger partial charge in [0.1, 0.15) is 12.4 Å². The van der Waals surface area contributed by atoms with E-state index in [0.29, 0.717) is 30.9 Å². The van der Waals surface area contributed by atoms with Crippen LogP contribution >= 0.6 is 0 Å². The number of nitrogens with zero attached hydrogens (tertiary/aromatic N) is 2. The molecule has 0 aliphatic carbocycles. The van der Waals surface area contributed by atoms with Crippen molar-refractivity contribution in [1.82, 2.24) is 9.80 Å². The van der Waals surface area contributed by atoms with Gasteiger partial charge in [-0.15, -0.1) is 0 Å². The van der Waals surface area contributed by atoms with Crippen LogP contribution in [0.3, 0.4) is 0 Å². The standard InChI is InChI=1S/C18H28N2O3.C2H2O4/c1-3-17(21)16-6-4-5-7-18(16)23-15-14-22-13-12-20-10-8-19(2)9-11-20;3-1(4)2(5)6/h4-7H,3,8-15H2,1-2H3;(H,3,4)(H,5,6).